The van der Waals surface area contributed by atoms with Crippen LogP contribution in [0.3, 0.4) is 0 Å². The van der Waals surface area contributed by atoms with Crippen molar-refractivity contribution in [2.24, 2.45) is 0 Å². The van der Waals surface area contributed by atoms with Gasteiger partial charge in [-0.25, -0.2) is 0 Å². The molecular weight excluding hydrogens is 234 g/mol. The minimum atomic E-state index is 0.146. The van der Waals surface area contributed by atoms with Crippen molar-refractivity contribution in [3.8, 4) is 0 Å². The van der Waals surface area contributed by atoms with Crippen molar-refractivity contribution in [1.29, 1.82) is 0 Å². The number of aromatic nitrogens is 1. The molecule has 0 aliphatic rings. The van der Waals surface area contributed by atoms with Crippen molar-refractivity contribution >= 4 is 0 Å². The summed E-state index contributed by atoms with van der Waals surface area (Å²) in [6, 6.07) is 6.58. The molecule has 0 amide bonds. The van der Waals surface area contributed by atoms with Crippen molar-refractivity contribution in [3.05, 3.63) is 30.1 Å². The van der Waals surface area contributed by atoms with E-state index >= 15 is 0 Å². The summed E-state index contributed by atoms with van der Waals surface area (Å²) in [7, 11) is 4.34. The molecule has 1 heterocycles. The van der Waals surface area contributed by atoms with Gasteiger partial charge in [-0.3, -0.25) is 4.98 Å². The van der Waals surface area contributed by atoms with Crippen molar-refractivity contribution in [1.82, 2.24) is 15.2 Å². The average molecular weight is 263 g/mol. The van der Waals surface area contributed by atoms with Gasteiger partial charge in [0.15, 0.2) is 0 Å². The van der Waals surface area contributed by atoms with Crippen LogP contribution in [0.2, 0.25) is 0 Å². The summed E-state index contributed by atoms with van der Waals surface area (Å²) in [6.45, 7) is 7.87. The minimum absolute atomic E-state index is 0.146. The molecule has 3 nitrogen and oxygen atoms in total. The molecular formula is C16H29N3. The lowest BCUT2D eigenvalue weighted by Crippen LogP contribution is -2.58. The molecule has 0 aliphatic heterocycles. The normalized spacial score (nSPS) is 16.3. The molecule has 1 aromatic rings. The molecule has 19 heavy (non-hydrogen) atoms. The summed E-state index contributed by atoms with van der Waals surface area (Å²) in [4.78, 5) is 6.81. The van der Waals surface area contributed by atoms with Crippen LogP contribution < -0.4 is 5.32 Å². The summed E-state index contributed by atoms with van der Waals surface area (Å²) in [5.74, 6) is 0. The highest BCUT2D eigenvalue weighted by atomic mass is 15.2. The Bertz CT molecular complexity index is 350. The molecule has 0 aliphatic carbocycles. The zero-order valence-corrected chi connectivity index (χ0v) is 13.1. The fourth-order valence-corrected chi connectivity index (χ4v) is 2.43. The number of likely N-dealkylation sites (N-methyl/N-ethyl adjacent to an activating group) is 1. The zero-order valence-electron chi connectivity index (χ0n) is 13.1. The maximum Gasteiger partial charge on any atom is 0.0419 e. The third-order valence-corrected chi connectivity index (χ3v) is 4.27. The van der Waals surface area contributed by atoms with Crippen LogP contribution in [0.5, 0.6) is 0 Å². The smallest absolute Gasteiger partial charge is 0.0419 e. The zero-order chi connectivity index (χ0) is 14.3. The number of hydrogen-bond acceptors (Lipinski definition) is 3. The molecule has 1 aromatic heterocycles. The molecule has 1 rings (SSSR count). The Morgan fingerprint density at radius 2 is 2.05 bits per heavy atom. The van der Waals surface area contributed by atoms with E-state index in [9.17, 15) is 0 Å². The molecule has 0 bridgehead atoms. The van der Waals surface area contributed by atoms with E-state index in [-0.39, 0.29) is 5.54 Å². The van der Waals surface area contributed by atoms with Gasteiger partial charge >= 0.3 is 0 Å². The van der Waals surface area contributed by atoms with E-state index in [4.69, 9.17) is 0 Å². The van der Waals surface area contributed by atoms with Gasteiger partial charge in [0.1, 0.15) is 0 Å². The van der Waals surface area contributed by atoms with E-state index < -0.39 is 0 Å². The van der Waals surface area contributed by atoms with E-state index in [1.165, 1.54) is 0 Å². The lowest BCUT2D eigenvalue weighted by molar-refractivity contribution is 0.112. The number of hydrogen-bond donors (Lipinski definition) is 1. The van der Waals surface area contributed by atoms with E-state index in [2.05, 4.69) is 62.2 Å². The van der Waals surface area contributed by atoms with Gasteiger partial charge in [-0.15, -0.1) is 0 Å². The van der Waals surface area contributed by atoms with Crippen LogP contribution in [0.1, 0.15) is 39.3 Å². The van der Waals surface area contributed by atoms with Crippen LogP contribution in [0, 0.1) is 0 Å². The minimum Gasteiger partial charge on any atom is -0.312 e. The molecule has 0 aromatic carbocycles. The molecule has 108 valence electrons. The Hall–Kier alpha value is -0.930. The largest absolute Gasteiger partial charge is 0.312 e. The van der Waals surface area contributed by atoms with Crippen LogP contribution in [-0.4, -0.2) is 42.1 Å². The maximum absolute atomic E-state index is 4.48. The van der Waals surface area contributed by atoms with Gasteiger partial charge in [-0.2, -0.15) is 0 Å². The molecule has 0 saturated carbocycles. The average Bonchev–Trinajstić information content (AvgIpc) is 2.43. The van der Waals surface area contributed by atoms with Crippen molar-refractivity contribution in [3.63, 3.8) is 0 Å². The highest BCUT2D eigenvalue weighted by molar-refractivity contribution is 5.09. The van der Waals surface area contributed by atoms with E-state index in [1.54, 1.807) is 0 Å². The van der Waals surface area contributed by atoms with Gasteiger partial charge in [0.25, 0.3) is 0 Å². The second-order valence-corrected chi connectivity index (χ2v) is 5.64. The third kappa shape index (κ3) is 4.29. The highest BCUT2D eigenvalue weighted by Gasteiger charge is 2.34. The van der Waals surface area contributed by atoms with Crippen LogP contribution in [-0.2, 0) is 6.42 Å². The molecule has 0 spiro atoms. The van der Waals surface area contributed by atoms with Gasteiger partial charge in [-0.1, -0.05) is 19.9 Å². The first-order valence-electron chi connectivity index (χ1n) is 7.35. The lowest BCUT2D eigenvalue weighted by atomic mass is 9.85. The summed E-state index contributed by atoms with van der Waals surface area (Å²) < 4.78 is 0. The first-order chi connectivity index (χ1) is 9.04. The second-order valence-electron chi connectivity index (χ2n) is 5.64. The monoisotopic (exact) mass is 263 g/mol. The van der Waals surface area contributed by atoms with Crippen LogP contribution in [0.15, 0.2) is 24.4 Å². The van der Waals surface area contributed by atoms with E-state index in [0.717, 1.165) is 31.5 Å². The van der Waals surface area contributed by atoms with Crippen molar-refractivity contribution < 1.29 is 0 Å². The summed E-state index contributed by atoms with van der Waals surface area (Å²) in [6.07, 6.45) is 5.13. The summed E-state index contributed by atoms with van der Waals surface area (Å²) in [5.41, 5.74) is 1.31. The molecule has 2 unspecified atom stereocenters. The Morgan fingerprint density at radius 3 is 2.53 bits per heavy atom. The molecule has 1 N–H and O–H groups in total. The summed E-state index contributed by atoms with van der Waals surface area (Å²) in [5, 5.41) is 3.71. The van der Waals surface area contributed by atoms with Gasteiger partial charge in [-0.05, 0) is 52.5 Å². The topological polar surface area (TPSA) is 28.2 Å². The van der Waals surface area contributed by atoms with Gasteiger partial charge in [0.2, 0.25) is 0 Å². The first kappa shape index (κ1) is 16.1. The Labute approximate surface area is 118 Å². The number of rotatable bonds is 8. The Balaban J connectivity index is 2.87. The van der Waals surface area contributed by atoms with Crippen molar-refractivity contribution in [2.75, 3.05) is 20.6 Å². The molecule has 2 atom stereocenters. The molecule has 0 radical (unpaired) electrons. The Kier molecular flexibility index (Phi) is 6.46. The van der Waals surface area contributed by atoms with E-state index in [1.807, 2.05) is 12.3 Å². The fraction of sp³-hybridized carbons (Fsp3) is 0.688. The lowest BCUT2D eigenvalue weighted by Gasteiger charge is -2.43. The molecule has 0 saturated heterocycles. The number of pyridine rings is 1. The molecule has 0 fully saturated rings. The maximum atomic E-state index is 4.48. The SMILES string of the molecule is CCCNC(Cc1ccccn1)C(C)(CC)N(C)C. The summed E-state index contributed by atoms with van der Waals surface area (Å²) >= 11 is 0. The predicted molar refractivity (Wildman–Crippen MR) is 82.4 cm³/mol. The predicted octanol–water partition coefficient (Wildman–Crippen LogP) is 2.72. The van der Waals surface area contributed by atoms with Crippen LogP contribution in [0.25, 0.3) is 0 Å². The Morgan fingerprint density at radius 1 is 1.32 bits per heavy atom. The second kappa shape index (κ2) is 7.61. The van der Waals surface area contributed by atoms with Gasteiger partial charge in [0, 0.05) is 29.9 Å². The number of nitrogens with one attached hydrogen (secondary N) is 1. The molecule has 3 heteroatoms. The fourth-order valence-electron chi connectivity index (χ4n) is 2.43. The standard InChI is InChI=1S/C16H29N3/c1-6-11-18-15(16(3,7-2)19(4)5)13-14-10-8-9-12-17-14/h8-10,12,15,18H,6-7,11,13H2,1-5H3. The van der Waals surface area contributed by atoms with Gasteiger partial charge in [0.05, 0.1) is 0 Å². The van der Waals surface area contributed by atoms with Crippen LogP contribution >= 0.6 is 0 Å². The third-order valence-electron chi connectivity index (χ3n) is 4.27. The van der Waals surface area contributed by atoms with Crippen molar-refractivity contribution in [2.45, 2.75) is 51.6 Å². The highest BCUT2D eigenvalue weighted by Crippen LogP contribution is 2.23. The van der Waals surface area contributed by atoms with Crippen LogP contribution in [0.4, 0.5) is 0 Å². The first-order valence-corrected chi connectivity index (χ1v) is 7.35. The number of nitrogens with zero attached hydrogens (tertiary/aromatic N) is 2. The quantitative estimate of drug-likeness (QED) is 0.781. The van der Waals surface area contributed by atoms with E-state index in [0.29, 0.717) is 6.04 Å². The van der Waals surface area contributed by atoms with Gasteiger partial charge < -0.3 is 10.2 Å².